The average molecular weight is 292 g/mol. The Balaban J connectivity index is 2.01. The SMILES string of the molecule is COc1ccc2nc(S(=O)(=O)Cc3ccco3)[nH]c2c1. The number of methoxy groups -OCH3 is 1. The number of hydrogen-bond acceptors (Lipinski definition) is 5. The molecule has 2 heterocycles. The van der Waals surface area contributed by atoms with Crippen LogP contribution in [0.3, 0.4) is 0 Å². The van der Waals surface area contributed by atoms with Gasteiger partial charge in [0.05, 0.1) is 24.4 Å². The lowest BCUT2D eigenvalue weighted by Gasteiger charge is -1.97. The number of ether oxygens (including phenoxy) is 1. The molecule has 0 saturated heterocycles. The summed E-state index contributed by atoms with van der Waals surface area (Å²) in [5.74, 6) is 0.788. The highest BCUT2D eigenvalue weighted by Crippen LogP contribution is 2.22. The lowest BCUT2D eigenvalue weighted by Crippen LogP contribution is -2.06. The van der Waals surface area contributed by atoms with Crippen molar-refractivity contribution in [2.24, 2.45) is 0 Å². The molecule has 0 bridgehead atoms. The van der Waals surface area contributed by atoms with Crippen LogP contribution in [0.2, 0.25) is 0 Å². The molecule has 2 aromatic heterocycles. The zero-order valence-electron chi connectivity index (χ0n) is 10.7. The molecular weight excluding hydrogens is 280 g/mol. The third-order valence-electron chi connectivity index (χ3n) is 2.87. The fourth-order valence-corrected chi connectivity index (χ4v) is 3.07. The van der Waals surface area contributed by atoms with Crippen LogP contribution in [0, 0.1) is 0 Å². The van der Waals surface area contributed by atoms with Gasteiger partial charge in [0, 0.05) is 6.07 Å². The second-order valence-corrected chi connectivity index (χ2v) is 6.17. The molecule has 1 aromatic carbocycles. The van der Waals surface area contributed by atoms with E-state index in [1.165, 1.54) is 6.26 Å². The summed E-state index contributed by atoms with van der Waals surface area (Å²) < 4.78 is 34.6. The van der Waals surface area contributed by atoms with Crippen LogP contribution < -0.4 is 4.74 Å². The van der Waals surface area contributed by atoms with Gasteiger partial charge in [0.15, 0.2) is 0 Å². The maximum atomic E-state index is 12.2. The predicted octanol–water partition coefficient (Wildman–Crippen LogP) is 2.14. The number of aromatic amines is 1. The number of aromatic nitrogens is 2. The number of rotatable bonds is 4. The highest BCUT2D eigenvalue weighted by atomic mass is 32.2. The van der Waals surface area contributed by atoms with E-state index in [-0.39, 0.29) is 10.9 Å². The first-order valence-corrected chi connectivity index (χ1v) is 7.52. The van der Waals surface area contributed by atoms with E-state index in [1.807, 2.05) is 0 Å². The molecule has 3 rings (SSSR count). The monoisotopic (exact) mass is 292 g/mol. The van der Waals surface area contributed by atoms with Crippen LogP contribution in [0.5, 0.6) is 5.75 Å². The number of benzene rings is 1. The molecule has 0 unspecified atom stereocenters. The second kappa shape index (κ2) is 4.68. The summed E-state index contributed by atoms with van der Waals surface area (Å²) in [4.78, 5) is 6.90. The molecule has 6 nitrogen and oxygen atoms in total. The first kappa shape index (κ1) is 12.7. The average Bonchev–Trinajstić information content (AvgIpc) is 3.05. The number of H-pyrrole nitrogens is 1. The summed E-state index contributed by atoms with van der Waals surface area (Å²) in [7, 11) is -2.02. The first-order chi connectivity index (χ1) is 9.58. The Labute approximate surface area is 115 Å². The van der Waals surface area contributed by atoms with Crippen molar-refractivity contribution >= 4 is 20.9 Å². The maximum absolute atomic E-state index is 12.2. The Morgan fingerprint density at radius 2 is 2.20 bits per heavy atom. The van der Waals surface area contributed by atoms with Crippen molar-refractivity contribution in [2.45, 2.75) is 10.9 Å². The number of hydrogen-bond donors (Lipinski definition) is 1. The van der Waals surface area contributed by atoms with Gasteiger partial charge in [-0.3, -0.25) is 0 Å². The highest BCUT2D eigenvalue weighted by molar-refractivity contribution is 7.90. The quantitative estimate of drug-likeness (QED) is 0.796. The van der Waals surface area contributed by atoms with Crippen LogP contribution in [0.1, 0.15) is 5.76 Å². The molecule has 0 amide bonds. The normalized spacial score (nSPS) is 11.8. The summed E-state index contributed by atoms with van der Waals surface area (Å²) >= 11 is 0. The summed E-state index contributed by atoms with van der Waals surface area (Å²) in [5, 5.41) is -0.0721. The van der Waals surface area contributed by atoms with E-state index in [2.05, 4.69) is 9.97 Å². The van der Waals surface area contributed by atoms with Gasteiger partial charge in [-0.15, -0.1) is 0 Å². The fraction of sp³-hybridized carbons (Fsp3) is 0.154. The minimum atomic E-state index is -3.57. The van der Waals surface area contributed by atoms with Gasteiger partial charge in [-0.2, -0.15) is 0 Å². The molecule has 0 fully saturated rings. The minimum absolute atomic E-state index is 0.0721. The molecule has 7 heteroatoms. The largest absolute Gasteiger partial charge is 0.497 e. The van der Waals surface area contributed by atoms with Gasteiger partial charge in [0.2, 0.25) is 15.0 Å². The summed E-state index contributed by atoms with van der Waals surface area (Å²) in [6.07, 6.45) is 1.44. The molecule has 0 aliphatic rings. The van der Waals surface area contributed by atoms with Gasteiger partial charge < -0.3 is 14.1 Å². The number of furan rings is 1. The van der Waals surface area contributed by atoms with Crippen LogP contribution in [-0.2, 0) is 15.6 Å². The molecular formula is C13H12N2O4S. The lowest BCUT2D eigenvalue weighted by atomic mass is 10.3. The molecule has 20 heavy (non-hydrogen) atoms. The Hall–Kier alpha value is -2.28. The Kier molecular flexibility index (Phi) is 2.98. The Bertz CT molecular complexity index is 835. The van der Waals surface area contributed by atoms with Gasteiger partial charge in [-0.05, 0) is 24.3 Å². The van der Waals surface area contributed by atoms with E-state index in [4.69, 9.17) is 9.15 Å². The van der Waals surface area contributed by atoms with Gasteiger partial charge >= 0.3 is 0 Å². The van der Waals surface area contributed by atoms with Crippen LogP contribution in [-0.4, -0.2) is 25.5 Å². The van der Waals surface area contributed by atoms with E-state index in [1.54, 1.807) is 37.4 Å². The summed E-state index contributed by atoms with van der Waals surface area (Å²) in [6.45, 7) is 0. The molecule has 104 valence electrons. The highest BCUT2D eigenvalue weighted by Gasteiger charge is 2.21. The van der Waals surface area contributed by atoms with E-state index in [9.17, 15) is 8.42 Å². The molecule has 1 N–H and O–H groups in total. The number of fused-ring (bicyclic) bond motifs is 1. The van der Waals surface area contributed by atoms with Crippen molar-refractivity contribution in [3.8, 4) is 5.75 Å². The van der Waals surface area contributed by atoms with Gasteiger partial charge in [0.25, 0.3) is 0 Å². The van der Waals surface area contributed by atoms with Crippen LogP contribution >= 0.6 is 0 Å². The van der Waals surface area contributed by atoms with E-state index < -0.39 is 9.84 Å². The Morgan fingerprint density at radius 3 is 2.90 bits per heavy atom. The second-order valence-electron chi connectivity index (χ2n) is 4.26. The van der Waals surface area contributed by atoms with Crippen molar-refractivity contribution in [1.82, 2.24) is 9.97 Å². The van der Waals surface area contributed by atoms with Crippen LogP contribution in [0.15, 0.2) is 46.2 Å². The molecule has 0 saturated carbocycles. The number of imidazole rings is 1. The van der Waals surface area contributed by atoms with Crippen molar-refractivity contribution in [3.05, 3.63) is 42.4 Å². The molecule has 0 radical (unpaired) electrons. The van der Waals surface area contributed by atoms with E-state index >= 15 is 0 Å². The molecule has 3 aromatic rings. The number of sulfone groups is 1. The smallest absolute Gasteiger partial charge is 0.226 e. The van der Waals surface area contributed by atoms with Crippen molar-refractivity contribution in [1.29, 1.82) is 0 Å². The minimum Gasteiger partial charge on any atom is -0.497 e. The number of nitrogens with one attached hydrogen (secondary N) is 1. The Morgan fingerprint density at radius 1 is 1.35 bits per heavy atom. The number of nitrogens with zero attached hydrogens (tertiary/aromatic N) is 1. The van der Waals surface area contributed by atoms with Crippen molar-refractivity contribution < 1.29 is 17.6 Å². The third-order valence-corrected chi connectivity index (χ3v) is 4.32. The molecule has 0 spiro atoms. The molecule has 0 atom stereocenters. The maximum Gasteiger partial charge on any atom is 0.226 e. The van der Waals surface area contributed by atoms with Gasteiger partial charge in [0.1, 0.15) is 17.3 Å². The zero-order chi connectivity index (χ0) is 14.2. The van der Waals surface area contributed by atoms with Crippen LogP contribution in [0.4, 0.5) is 0 Å². The van der Waals surface area contributed by atoms with Gasteiger partial charge in [-0.25, -0.2) is 13.4 Å². The van der Waals surface area contributed by atoms with Crippen molar-refractivity contribution in [3.63, 3.8) is 0 Å². The van der Waals surface area contributed by atoms with Gasteiger partial charge in [-0.1, -0.05) is 0 Å². The summed E-state index contributed by atoms with van der Waals surface area (Å²) in [5.41, 5.74) is 1.19. The van der Waals surface area contributed by atoms with E-state index in [0.29, 0.717) is 22.5 Å². The van der Waals surface area contributed by atoms with Crippen molar-refractivity contribution in [2.75, 3.05) is 7.11 Å². The molecule has 0 aliphatic heterocycles. The molecule has 0 aliphatic carbocycles. The standard InChI is InChI=1S/C13H12N2O4S/c1-18-9-4-5-11-12(7-9)15-13(14-11)20(16,17)8-10-3-2-6-19-10/h2-7H,8H2,1H3,(H,14,15). The lowest BCUT2D eigenvalue weighted by molar-refractivity contribution is 0.415. The van der Waals surface area contributed by atoms with E-state index in [0.717, 1.165) is 0 Å². The third kappa shape index (κ3) is 2.27. The first-order valence-electron chi connectivity index (χ1n) is 5.87. The fourth-order valence-electron chi connectivity index (χ4n) is 1.89. The van der Waals surface area contributed by atoms with Crippen LogP contribution in [0.25, 0.3) is 11.0 Å². The predicted molar refractivity (Wildman–Crippen MR) is 72.2 cm³/mol. The zero-order valence-corrected chi connectivity index (χ0v) is 11.5. The summed E-state index contributed by atoms with van der Waals surface area (Å²) in [6, 6.07) is 8.40. The topological polar surface area (TPSA) is 85.2 Å².